The average Bonchev–Trinajstić information content (AvgIpc) is 3.12. The van der Waals surface area contributed by atoms with E-state index in [0.29, 0.717) is 30.7 Å². The average molecular weight is 490 g/mol. The summed E-state index contributed by atoms with van der Waals surface area (Å²) in [6.07, 6.45) is 5.25. The summed E-state index contributed by atoms with van der Waals surface area (Å²) < 4.78 is 28.7. The molecule has 1 aromatic carbocycles. The minimum Gasteiger partial charge on any atom is -0.342 e. The van der Waals surface area contributed by atoms with Gasteiger partial charge in [-0.2, -0.15) is 0 Å². The monoisotopic (exact) mass is 489 g/mol. The second-order valence-electron chi connectivity index (χ2n) is 11.0. The van der Waals surface area contributed by atoms with Gasteiger partial charge in [0.2, 0.25) is 21.8 Å². The second-order valence-corrected chi connectivity index (χ2v) is 12.8. The molecule has 2 aliphatic heterocycles. The van der Waals surface area contributed by atoms with E-state index in [1.54, 1.807) is 23.1 Å². The molecule has 3 aliphatic rings. The molecule has 34 heavy (non-hydrogen) atoms. The summed E-state index contributed by atoms with van der Waals surface area (Å²) in [6, 6.07) is 5.07. The first kappa shape index (κ1) is 25.2. The maximum Gasteiger partial charge on any atom is 0.240 e. The van der Waals surface area contributed by atoms with Crippen LogP contribution in [0.3, 0.4) is 0 Å². The SMILES string of the molecule is CC(=O)N1c2ccc(S(=O)(=O)NCC3CCC(C(=O)N4C[C@H](C)C[C@@H](C)C4)CC3)cc2C[C@H]1C. The van der Waals surface area contributed by atoms with Crippen LogP contribution in [0.4, 0.5) is 5.69 Å². The van der Waals surface area contributed by atoms with E-state index in [4.69, 9.17) is 0 Å². The van der Waals surface area contributed by atoms with Crippen molar-refractivity contribution < 1.29 is 18.0 Å². The summed E-state index contributed by atoms with van der Waals surface area (Å²) >= 11 is 0. The number of sulfonamides is 1. The van der Waals surface area contributed by atoms with Crippen LogP contribution in [0, 0.1) is 23.7 Å². The molecule has 0 spiro atoms. The Labute approximate surface area is 204 Å². The van der Waals surface area contributed by atoms with E-state index in [-0.39, 0.29) is 28.7 Å². The van der Waals surface area contributed by atoms with Crippen LogP contribution in [0.2, 0.25) is 0 Å². The number of nitrogens with one attached hydrogen (secondary N) is 1. The number of carbonyl (C=O) groups excluding carboxylic acids is 2. The lowest BCUT2D eigenvalue weighted by atomic mass is 9.80. The number of nitrogens with zero attached hydrogens (tertiary/aromatic N) is 2. The quantitative estimate of drug-likeness (QED) is 0.685. The van der Waals surface area contributed by atoms with Gasteiger partial charge in [0.1, 0.15) is 0 Å². The first-order chi connectivity index (χ1) is 16.0. The molecule has 0 bridgehead atoms. The van der Waals surface area contributed by atoms with Crippen molar-refractivity contribution in [2.24, 2.45) is 23.7 Å². The van der Waals surface area contributed by atoms with Gasteiger partial charge >= 0.3 is 0 Å². The zero-order valence-electron chi connectivity index (χ0n) is 20.9. The Bertz CT molecular complexity index is 1020. The fraction of sp³-hybridized carbons (Fsp3) is 0.692. The largest absolute Gasteiger partial charge is 0.342 e. The van der Waals surface area contributed by atoms with Crippen molar-refractivity contribution in [3.63, 3.8) is 0 Å². The molecule has 0 radical (unpaired) electrons. The summed E-state index contributed by atoms with van der Waals surface area (Å²) in [5.41, 5.74) is 1.70. The highest BCUT2D eigenvalue weighted by molar-refractivity contribution is 7.89. The molecule has 2 fully saturated rings. The van der Waals surface area contributed by atoms with Crippen molar-refractivity contribution in [1.29, 1.82) is 0 Å². The molecular formula is C26H39N3O4S. The molecule has 1 aliphatic carbocycles. The van der Waals surface area contributed by atoms with Gasteiger partial charge in [-0.15, -0.1) is 0 Å². The number of likely N-dealkylation sites (tertiary alicyclic amines) is 1. The van der Waals surface area contributed by atoms with E-state index >= 15 is 0 Å². The van der Waals surface area contributed by atoms with E-state index in [2.05, 4.69) is 23.5 Å². The first-order valence-corrected chi connectivity index (χ1v) is 14.2. The minimum atomic E-state index is -3.62. The lowest BCUT2D eigenvalue weighted by molar-refractivity contribution is -0.139. The third kappa shape index (κ3) is 5.33. The van der Waals surface area contributed by atoms with Gasteiger partial charge in [-0.25, -0.2) is 13.1 Å². The number of anilines is 1. The summed E-state index contributed by atoms with van der Waals surface area (Å²) in [5, 5.41) is 0. The number of fused-ring (bicyclic) bond motifs is 1. The minimum absolute atomic E-state index is 0.0293. The van der Waals surface area contributed by atoms with Crippen molar-refractivity contribution >= 4 is 27.5 Å². The van der Waals surface area contributed by atoms with Crippen molar-refractivity contribution in [2.45, 2.75) is 77.2 Å². The van der Waals surface area contributed by atoms with Gasteiger partial charge in [-0.05, 0) is 87.0 Å². The molecule has 7 nitrogen and oxygen atoms in total. The number of hydrogen-bond donors (Lipinski definition) is 1. The molecule has 2 heterocycles. The van der Waals surface area contributed by atoms with Crippen molar-refractivity contribution in [3.8, 4) is 0 Å². The summed E-state index contributed by atoms with van der Waals surface area (Å²) in [4.78, 5) is 29.0. The molecule has 2 amide bonds. The molecule has 1 saturated carbocycles. The van der Waals surface area contributed by atoms with Crippen LogP contribution in [0.25, 0.3) is 0 Å². The van der Waals surface area contributed by atoms with E-state index in [9.17, 15) is 18.0 Å². The fourth-order valence-corrected chi connectivity index (χ4v) is 7.45. The third-order valence-corrected chi connectivity index (χ3v) is 9.28. The van der Waals surface area contributed by atoms with Crippen LogP contribution >= 0.6 is 0 Å². The summed E-state index contributed by atoms with van der Waals surface area (Å²) in [7, 11) is -3.62. The van der Waals surface area contributed by atoms with E-state index < -0.39 is 10.0 Å². The Morgan fingerprint density at radius 3 is 2.29 bits per heavy atom. The third-order valence-electron chi connectivity index (χ3n) is 7.85. The second kappa shape index (κ2) is 9.97. The zero-order chi connectivity index (χ0) is 24.6. The highest BCUT2D eigenvalue weighted by atomic mass is 32.2. The smallest absolute Gasteiger partial charge is 0.240 e. The standard InChI is InChI=1S/C26H39N3O4S/c1-17-11-18(2)16-28(15-17)26(31)22-7-5-21(6-8-22)14-27-34(32,33)24-9-10-25-23(13-24)12-19(3)29(25)20(4)30/h9-10,13,17-19,21-22,27H,5-8,11-12,14-16H2,1-4H3/t17-,18-,19-,21?,22?/m1/s1. The van der Waals surface area contributed by atoms with Crippen molar-refractivity contribution in [2.75, 3.05) is 24.5 Å². The normalized spacial score (nSPS) is 29.7. The molecule has 188 valence electrons. The molecule has 1 N–H and O–H groups in total. The maximum absolute atomic E-state index is 13.0. The number of hydrogen-bond acceptors (Lipinski definition) is 4. The highest BCUT2D eigenvalue weighted by Gasteiger charge is 2.34. The van der Waals surface area contributed by atoms with Gasteiger partial charge in [0.05, 0.1) is 4.90 Å². The van der Waals surface area contributed by atoms with Gasteiger partial charge in [-0.1, -0.05) is 13.8 Å². The number of amides is 2. The number of piperidine rings is 1. The highest BCUT2D eigenvalue weighted by Crippen LogP contribution is 2.35. The van der Waals surface area contributed by atoms with E-state index in [0.717, 1.165) is 50.0 Å². The predicted octanol–water partition coefficient (Wildman–Crippen LogP) is 3.57. The Balaban J connectivity index is 1.30. The van der Waals surface area contributed by atoms with Crippen LogP contribution in [0.1, 0.15) is 65.4 Å². The molecule has 0 unspecified atom stereocenters. The van der Waals surface area contributed by atoms with Gasteiger partial charge in [-0.3, -0.25) is 9.59 Å². The maximum atomic E-state index is 13.0. The zero-order valence-corrected chi connectivity index (χ0v) is 21.7. The van der Waals surface area contributed by atoms with Crippen LogP contribution in [-0.2, 0) is 26.0 Å². The lowest BCUT2D eigenvalue weighted by Crippen LogP contribution is -2.46. The van der Waals surface area contributed by atoms with Crippen molar-refractivity contribution in [3.05, 3.63) is 23.8 Å². The van der Waals surface area contributed by atoms with Crippen LogP contribution < -0.4 is 9.62 Å². The summed E-state index contributed by atoms with van der Waals surface area (Å²) in [5.74, 6) is 1.72. The lowest BCUT2D eigenvalue weighted by Gasteiger charge is -2.38. The predicted molar refractivity (Wildman–Crippen MR) is 133 cm³/mol. The van der Waals surface area contributed by atoms with Gasteiger partial charge in [0, 0.05) is 44.2 Å². The molecule has 0 aromatic heterocycles. The molecule has 1 aromatic rings. The van der Waals surface area contributed by atoms with Crippen LogP contribution in [0.5, 0.6) is 0 Å². The Kier molecular flexibility index (Phi) is 7.38. The fourth-order valence-electron chi connectivity index (χ4n) is 6.28. The molecule has 1 saturated heterocycles. The molecular weight excluding hydrogens is 450 g/mol. The molecule has 8 heteroatoms. The molecule has 4 rings (SSSR count). The van der Waals surface area contributed by atoms with Crippen LogP contribution in [-0.4, -0.2) is 50.8 Å². The molecule has 3 atom stereocenters. The Morgan fingerprint density at radius 1 is 1.03 bits per heavy atom. The Morgan fingerprint density at radius 2 is 1.68 bits per heavy atom. The van der Waals surface area contributed by atoms with E-state index in [1.807, 2.05) is 6.92 Å². The Hall–Kier alpha value is -1.93. The first-order valence-electron chi connectivity index (χ1n) is 12.8. The summed E-state index contributed by atoms with van der Waals surface area (Å²) in [6.45, 7) is 10.1. The van der Waals surface area contributed by atoms with E-state index in [1.165, 1.54) is 13.3 Å². The van der Waals surface area contributed by atoms with Gasteiger partial charge in [0.15, 0.2) is 0 Å². The number of rotatable bonds is 5. The van der Waals surface area contributed by atoms with Gasteiger partial charge < -0.3 is 9.80 Å². The topological polar surface area (TPSA) is 86.8 Å². The van der Waals surface area contributed by atoms with Crippen molar-refractivity contribution in [1.82, 2.24) is 9.62 Å². The van der Waals surface area contributed by atoms with Gasteiger partial charge in [0.25, 0.3) is 0 Å². The number of benzene rings is 1. The van der Waals surface area contributed by atoms with Crippen LogP contribution in [0.15, 0.2) is 23.1 Å². The number of carbonyl (C=O) groups is 2.